The van der Waals surface area contributed by atoms with Crippen LogP contribution in [-0.4, -0.2) is 17.0 Å². The van der Waals surface area contributed by atoms with Gasteiger partial charge in [-0.25, -0.2) is 18.7 Å². The van der Waals surface area contributed by atoms with Crippen LogP contribution in [0.5, 0.6) is 0 Å². The Balaban J connectivity index is 2.30. The van der Waals surface area contributed by atoms with Crippen LogP contribution in [0.1, 0.15) is 5.56 Å². The number of aromatic nitrogens is 2. The average Bonchev–Trinajstić information content (AvgIpc) is 2.36. The topological polar surface area (TPSA) is 37.8 Å². The number of aryl methyl sites for hydroxylation is 1. The number of benzene rings is 1. The Hall–Kier alpha value is -1.69. The molecule has 0 saturated carbocycles. The Kier molecular flexibility index (Phi) is 3.76. The van der Waals surface area contributed by atoms with Gasteiger partial charge in [-0.3, -0.25) is 0 Å². The van der Waals surface area contributed by atoms with Crippen molar-refractivity contribution in [1.29, 1.82) is 0 Å². The minimum absolute atomic E-state index is 0.491. The highest BCUT2D eigenvalue weighted by Gasteiger charge is 2.08. The predicted molar refractivity (Wildman–Crippen MR) is 66.8 cm³/mol. The van der Waals surface area contributed by atoms with Crippen LogP contribution in [0.25, 0.3) is 0 Å². The summed E-state index contributed by atoms with van der Waals surface area (Å²) < 4.78 is 25.9. The lowest BCUT2D eigenvalue weighted by atomic mass is 10.3. The normalized spacial score (nSPS) is 10.4. The highest BCUT2D eigenvalue weighted by atomic mass is 32.2. The number of nitrogens with zero attached hydrogens (tertiary/aromatic N) is 2. The molecule has 1 aromatic heterocycles. The van der Waals surface area contributed by atoms with Crippen LogP contribution in [0, 0.1) is 18.6 Å². The van der Waals surface area contributed by atoms with Crippen LogP contribution in [0.3, 0.4) is 0 Å². The largest absolute Gasteiger partial charge is 0.357 e. The summed E-state index contributed by atoms with van der Waals surface area (Å²) in [5, 5.41) is 3.54. The zero-order chi connectivity index (χ0) is 13.1. The molecular formula is C12H11F2N3S. The fourth-order valence-corrected chi connectivity index (χ4v) is 2.17. The summed E-state index contributed by atoms with van der Waals surface area (Å²) in [4.78, 5) is 8.92. The molecule has 0 unspecified atom stereocenters. The first kappa shape index (κ1) is 12.8. The van der Waals surface area contributed by atoms with Crippen LogP contribution >= 0.6 is 11.8 Å². The van der Waals surface area contributed by atoms with Crippen molar-refractivity contribution in [2.45, 2.75) is 16.8 Å². The Bertz CT molecular complexity index is 575. The molecule has 6 heteroatoms. The van der Waals surface area contributed by atoms with Crippen molar-refractivity contribution in [2.75, 3.05) is 12.4 Å². The third-order valence-corrected chi connectivity index (χ3v) is 3.35. The number of anilines is 1. The van der Waals surface area contributed by atoms with Crippen molar-refractivity contribution in [1.82, 2.24) is 9.97 Å². The van der Waals surface area contributed by atoms with Crippen LogP contribution in [0.2, 0.25) is 0 Å². The zero-order valence-corrected chi connectivity index (χ0v) is 10.7. The Morgan fingerprint density at radius 3 is 2.67 bits per heavy atom. The van der Waals surface area contributed by atoms with E-state index in [1.165, 1.54) is 17.8 Å². The fraction of sp³-hybridized carbons (Fsp3) is 0.167. The maximum absolute atomic E-state index is 13.1. The van der Waals surface area contributed by atoms with Gasteiger partial charge in [-0.15, -0.1) is 0 Å². The van der Waals surface area contributed by atoms with Crippen molar-refractivity contribution < 1.29 is 8.78 Å². The Morgan fingerprint density at radius 1 is 1.22 bits per heavy atom. The first-order chi connectivity index (χ1) is 8.60. The molecule has 1 N–H and O–H groups in total. The molecule has 2 rings (SSSR count). The van der Waals surface area contributed by atoms with Gasteiger partial charge in [0.05, 0.1) is 0 Å². The number of hydrogen-bond acceptors (Lipinski definition) is 4. The predicted octanol–water partition coefficient (Wildman–Crippen LogP) is 3.26. The molecule has 3 nitrogen and oxygen atoms in total. The number of hydrogen-bond donors (Lipinski definition) is 1. The third-order valence-electron chi connectivity index (χ3n) is 2.25. The summed E-state index contributed by atoms with van der Waals surface area (Å²) in [7, 11) is 1.72. The van der Waals surface area contributed by atoms with Crippen molar-refractivity contribution in [2.24, 2.45) is 0 Å². The lowest BCUT2D eigenvalue weighted by Crippen LogP contribution is -1.98. The van der Waals surface area contributed by atoms with Gasteiger partial charge in [0, 0.05) is 23.7 Å². The lowest BCUT2D eigenvalue weighted by molar-refractivity contribution is 0.506. The fourth-order valence-electron chi connectivity index (χ4n) is 1.30. The molecule has 0 spiro atoms. The second-order valence-electron chi connectivity index (χ2n) is 3.61. The van der Waals surface area contributed by atoms with Gasteiger partial charge in [0.1, 0.15) is 5.03 Å². The Morgan fingerprint density at radius 2 is 2.00 bits per heavy atom. The van der Waals surface area contributed by atoms with Crippen LogP contribution in [0.4, 0.5) is 14.7 Å². The maximum atomic E-state index is 13.1. The Labute approximate surface area is 108 Å². The van der Waals surface area contributed by atoms with Crippen LogP contribution in [0.15, 0.2) is 34.3 Å². The number of halogens is 2. The van der Waals surface area contributed by atoms with E-state index in [2.05, 4.69) is 15.3 Å². The van der Waals surface area contributed by atoms with Gasteiger partial charge >= 0.3 is 0 Å². The van der Waals surface area contributed by atoms with E-state index >= 15 is 0 Å². The molecule has 0 aliphatic carbocycles. The summed E-state index contributed by atoms with van der Waals surface area (Å²) >= 11 is 1.27. The van der Waals surface area contributed by atoms with Gasteiger partial charge in [-0.1, -0.05) is 11.8 Å². The molecule has 18 heavy (non-hydrogen) atoms. The molecule has 0 atom stereocenters. The average molecular weight is 267 g/mol. The quantitative estimate of drug-likeness (QED) is 0.866. The zero-order valence-electron chi connectivity index (χ0n) is 9.87. The second kappa shape index (κ2) is 5.30. The van der Waals surface area contributed by atoms with Crippen molar-refractivity contribution >= 4 is 17.7 Å². The number of rotatable bonds is 3. The SMILES string of the molecule is CNc1ncc(C)c(Sc2ccc(F)c(F)c2)n1. The van der Waals surface area contributed by atoms with E-state index in [1.54, 1.807) is 13.2 Å². The van der Waals surface area contributed by atoms with E-state index in [0.29, 0.717) is 15.9 Å². The first-order valence-corrected chi connectivity index (χ1v) is 6.06. The molecule has 0 bridgehead atoms. The van der Waals surface area contributed by atoms with E-state index < -0.39 is 11.6 Å². The van der Waals surface area contributed by atoms with Crippen molar-refractivity contribution in [3.8, 4) is 0 Å². The maximum Gasteiger partial charge on any atom is 0.223 e. The number of nitrogens with one attached hydrogen (secondary N) is 1. The molecule has 2 aromatic rings. The third kappa shape index (κ3) is 2.76. The molecular weight excluding hydrogens is 256 g/mol. The summed E-state index contributed by atoms with van der Waals surface area (Å²) in [6.45, 7) is 1.86. The van der Waals surface area contributed by atoms with Gasteiger partial charge in [0.15, 0.2) is 11.6 Å². The molecule has 0 radical (unpaired) electrons. The monoisotopic (exact) mass is 267 g/mol. The highest BCUT2D eigenvalue weighted by Crippen LogP contribution is 2.29. The molecule has 0 saturated heterocycles. The minimum atomic E-state index is -0.861. The van der Waals surface area contributed by atoms with E-state index in [-0.39, 0.29) is 0 Å². The molecule has 0 aliphatic rings. The van der Waals surface area contributed by atoms with Crippen LogP contribution in [-0.2, 0) is 0 Å². The minimum Gasteiger partial charge on any atom is -0.357 e. The molecule has 1 heterocycles. The van der Waals surface area contributed by atoms with Gasteiger partial charge in [-0.2, -0.15) is 0 Å². The van der Waals surface area contributed by atoms with E-state index in [0.717, 1.165) is 17.7 Å². The second-order valence-corrected chi connectivity index (χ2v) is 4.67. The highest BCUT2D eigenvalue weighted by molar-refractivity contribution is 7.99. The van der Waals surface area contributed by atoms with Crippen molar-refractivity contribution in [3.05, 3.63) is 41.6 Å². The first-order valence-electron chi connectivity index (χ1n) is 5.24. The smallest absolute Gasteiger partial charge is 0.223 e. The van der Waals surface area contributed by atoms with E-state index in [4.69, 9.17) is 0 Å². The van der Waals surface area contributed by atoms with Crippen LogP contribution < -0.4 is 5.32 Å². The van der Waals surface area contributed by atoms with Gasteiger partial charge in [0.25, 0.3) is 0 Å². The summed E-state index contributed by atoms with van der Waals surface area (Å²) in [5.74, 6) is -1.22. The van der Waals surface area contributed by atoms with Gasteiger partial charge in [-0.05, 0) is 25.1 Å². The standard InChI is InChI=1S/C12H11F2N3S/c1-7-6-16-12(15-2)17-11(7)18-8-3-4-9(13)10(14)5-8/h3-6H,1-2H3,(H,15,16,17). The summed E-state index contributed by atoms with van der Waals surface area (Å²) in [6.07, 6.45) is 1.68. The van der Waals surface area contributed by atoms with E-state index in [9.17, 15) is 8.78 Å². The van der Waals surface area contributed by atoms with E-state index in [1.807, 2.05) is 6.92 Å². The molecule has 0 amide bonds. The molecule has 94 valence electrons. The molecule has 0 aliphatic heterocycles. The lowest BCUT2D eigenvalue weighted by Gasteiger charge is -2.06. The van der Waals surface area contributed by atoms with Gasteiger partial charge < -0.3 is 5.32 Å². The van der Waals surface area contributed by atoms with Gasteiger partial charge in [0.2, 0.25) is 5.95 Å². The molecule has 1 aromatic carbocycles. The molecule has 0 fully saturated rings. The summed E-state index contributed by atoms with van der Waals surface area (Å²) in [6, 6.07) is 3.78. The summed E-state index contributed by atoms with van der Waals surface area (Å²) in [5.41, 5.74) is 0.878. The van der Waals surface area contributed by atoms with Crippen molar-refractivity contribution in [3.63, 3.8) is 0 Å².